The van der Waals surface area contributed by atoms with E-state index in [0.717, 1.165) is 12.3 Å². The zero-order valence-corrected chi connectivity index (χ0v) is 16.8. The fourth-order valence-electron chi connectivity index (χ4n) is 3.60. The zero-order chi connectivity index (χ0) is 20.7. The van der Waals surface area contributed by atoms with Gasteiger partial charge >= 0.3 is 0 Å². The fraction of sp³-hybridized carbons (Fsp3) is 0.529. The quantitative estimate of drug-likeness (QED) is 0.640. The number of hydrogen-bond acceptors (Lipinski definition) is 5. The summed E-state index contributed by atoms with van der Waals surface area (Å²) in [5.41, 5.74) is -1.83. The van der Waals surface area contributed by atoms with Crippen molar-refractivity contribution in [3.8, 4) is 0 Å². The number of carbonyl (C=O) groups excluding carboxylic acids is 2. The highest BCUT2D eigenvalue weighted by Crippen LogP contribution is 2.29. The van der Waals surface area contributed by atoms with Crippen LogP contribution >= 0.6 is 11.6 Å². The highest BCUT2D eigenvalue weighted by molar-refractivity contribution is 7.88. The van der Waals surface area contributed by atoms with E-state index in [9.17, 15) is 27.5 Å². The maximum absolute atomic E-state index is 13.4. The SMILES string of the molecule is CS(=O)(=O)N1CC[C@@H](N2CCC(O)(C(=O)NCc3cc(F)cc(Cl)c3)C2=O)C1. The smallest absolute Gasteiger partial charge is 0.264 e. The van der Waals surface area contributed by atoms with E-state index in [2.05, 4.69) is 5.32 Å². The minimum absolute atomic E-state index is 0.100. The van der Waals surface area contributed by atoms with Crippen LogP contribution in [0.25, 0.3) is 0 Å². The van der Waals surface area contributed by atoms with Crippen LogP contribution in [0.1, 0.15) is 18.4 Å². The molecule has 8 nitrogen and oxygen atoms in total. The molecule has 2 aliphatic rings. The van der Waals surface area contributed by atoms with Crippen molar-refractivity contribution in [2.24, 2.45) is 0 Å². The number of benzene rings is 1. The summed E-state index contributed by atoms with van der Waals surface area (Å²) in [5, 5.41) is 13.2. The molecular weight excluding hydrogens is 413 g/mol. The van der Waals surface area contributed by atoms with Crippen molar-refractivity contribution in [3.05, 3.63) is 34.6 Å². The number of carbonyl (C=O) groups is 2. The Morgan fingerprint density at radius 1 is 1.39 bits per heavy atom. The highest BCUT2D eigenvalue weighted by atomic mass is 35.5. The van der Waals surface area contributed by atoms with Gasteiger partial charge in [0.1, 0.15) is 5.82 Å². The van der Waals surface area contributed by atoms with Crippen LogP contribution in [0.5, 0.6) is 0 Å². The van der Waals surface area contributed by atoms with E-state index in [-0.39, 0.29) is 43.7 Å². The van der Waals surface area contributed by atoms with Gasteiger partial charge in [-0.2, -0.15) is 0 Å². The van der Waals surface area contributed by atoms with E-state index in [4.69, 9.17) is 11.6 Å². The summed E-state index contributed by atoms with van der Waals surface area (Å²) in [5.74, 6) is -2.18. The summed E-state index contributed by atoms with van der Waals surface area (Å²) in [6.07, 6.45) is 1.44. The minimum Gasteiger partial charge on any atom is -0.372 e. The number of halogens is 2. The van der Waals surface area contributed by atoms with Gasteiger partial charge in [0.25, 0.3) is 11.8 Å². The summed E-state index contributed by atoms with van der Waals surface area (Å²) < 4.78 is 38.0. The number of amides is 2. The predicted molar refractivity (Wildman–Crippen MR) is 99.4 cm³/mol. The Labute approximate surface area is 167 Å². The number of nitrogens with zero attached hydrogens (tertiary/aromatic N) is 2. The van der Waals surface area contributed by atoms with Crippen LogP contribution in [-0.2, 0) is 26.2 Å². The third-order valence-electron chi connectivity index (χ3n) is 5.12. The number of likely N-dealkylation sites (tertiary alicyclic amines) is 1. The van der Waals surface area contributed by atoms with Crippen molar-refractivity contribution >= 4 is 33.4 Å². The van der Waals surface area contributed by atoms with Gasteiger partial charge in [0.05, 0.1) is 6.26 Å². The van der Waals surface area contributed by atoms with Gasteiger partial charge < -0.3 is 15.3 Å². The predicted octanol–water partition coefficient (Wildman–Crippen LogP) is 0.0926. The Hall–Kier alpha value is -1.75. The molecule has 0 saturated carbocycles. The second kappa shape index (κ2) is 7.58. The molecule has 2 amide bonds. The average Bonchev–Trinajstić information content (AvgIpc) is 3.18. The fourth-order valence-corrected chi connectivity index (χ4v) is 4.72. The molecule has 3 rings (SSSR count). The third kappa shape index (κ3) is 4.14. The van der Waals surface area contributed by atoms with Crippen LogP contribution in [-0.4, -0.2) is 72.1 Å². The summed E-state index contributed by atoms with van der Waals surface area (Å²) in [6, 6.07) is 3.40. The molecule has 2 heterocycles. The normalized spacial score (nSPS) is 26.1. The molecule has 0 aromatic heterocycles. The van der Waals surface area contributed by atoms with Crippen LogP contribution in [0.15, 0.2) is 18.2 Å². The molecule has 2 aliphatic heterocycles. The molecule has 2 N–H and O–H groups in total. The van der Waals surface area contributed by atoms with Crippen LogP contribution in [0.2, 0.25) is 5.02 Å². The minimum atomic E-state index is -3.36. The van der Waals surface area contributed by atoms with Crippen molar-refractivity contribution < 1.29 is 27.5 Å². The molecule has 0 aliphatic carbocycles. The number of sulfonamides is 1. The molecule has 0 radical (unpaired) electrons. The second-order valence-corrected chi connectivity index (χ2v) is 9.55. The van der Waals surface area contributed by atoms with Gasteiger partial charge in [0, 0.05) is 43.7 Å². The number of nitrogens with one attached hydrogen (secondary N) is 1. The van der Waals surface area contributed by atoms with Gasteiger partial charge in [-0.05, 0) is 30.2 Å². The molecule has 2 atom stereocenters. The molecular formula is C17H21ClFN3O5S. The summed E-state index contributed by atoms with van der Waals surface area (Å²) in [7, 11) is -3.36. The lowest BCUT2D eigenvalue weighted by Crippen LogP contribution is -2.53. The summed E-state index contributed by atoms with van der Waals surface area (Å²) >= 11 is 5.77. The first-order chi connectivity index (χ1) is 13.0. The molecule has 28 heavy (non-hydrogen) atoms. The van der Waals surface area contributed by atoms with Crippen molar-refractivity contribution in [1.29, 1.82) is 0 Å². The number of hydrogen-bond donors (Lipinski definition) is 2. The highest BCUT2D eigenvalue weighted by Gasteiger charge is 2.53. The molecule has 1 aromatic rings. The zero-order valence-electron chi connectivity index (χ0n) is 15.2. The monoisotopic (exact) mass is 433 g/mol. The summed E-state index contributed by atoms with van der Waals surface area (Å²) in [6.45, 7) is 0.482. The number of aliphatic hydroxyl groups is 1. The van der Waals surface area contributed by atoms with E-state index >= 15 is 0 Å². The van der Waals surface area contributed by atoms with E-state index < -0.39 is 33.3 Å². The average molecular weight is 434 g/mol. The molecule has 11 heteroatoms. The second-order valence-electron chi connectivity index (χ2n) is 7.13. The van der Waals surface area contributed by atoms with Gasteiger partial charge in [-0.15, -0.1) is 0 Å². The van der Waals surface area contributed by atoms with Gasteiger partial charge in [0.15, 0.2) is 0 Å². The topological polar surface area (TPSA) is 107 Å². The lowest BCUT2D eigenvalue weighted by Gasteiger charge is -2.26. The first kappa shape index (κ1) is 21.0. The van der Waals surface area contributed by atoms with E-state index in [1.165, 1.54) is 21.3 Å². The van der Waals surface area contributed by atoms with E-state index in [0.29, 0.717) is 12.0 Å². The van der Waals surface area contributed by atoms with Gasteiger partial charge in [-0.25, -0.2) is 17.1 Å². The Bertz CT molecular complexity index is 892. The molecule has 0 bridgehead atoms. The molecule has 154 valence electrons. The van der Waals surface area contributed by atoms with Crippen molar-refractivity contribution in [1.82, 2.24) is 14.5 Å². The van der Waals surface area contributed by atoms with Crippen LogP contribution < -0.4 is 5.32 Å². The largest absolute Gasteiger partial charge is 0.372 e. The lowest BCUT2D eigenvalue weighted by molar-refractivity contribution is -0.155. The van der Waals surface area contributed by atoms with Crippen molar-refractivity contribution in [2.45, 2.75) is 31.0 Å². The van der Waals surface area contributed by atoms with Crippen LogP contribution in [0, 0.1) is 5.82 Å². The maximum Gasteiger partial charge on any atom is 0.264 e. The van der Waals surface area contributed by atoms with Gasteiger partial charge in [-0.3, -0.25) is 9.59 Å². The Balaban J connectivity index is 1.64. The van der Waals surface area contributed by atoms with Crippen molar-refractivity contribution in [3.63, 3.8) is 0 Å². The van der Waals surface area contributed by atoms with E-state index in [1.54, 1.807) is 0 Å². The summed E-state index contributed by atoms with van der Waals surface area (Å²) in [4.78, 5) is 26.5. The first-order valence-corrected chi connectivity index (χ1v) is 10.9. The van der Waals surface area contributed by atoms with Gasteiger partial charge in [-0.1, -0.05) is 11.6 Å². The molecule has 2 fully saturated rings. The first-order valence-electron chi connectivity index (χ1n) is 8.72. The third-order valence-corrected chi connectivity index (χ3v) is 6.60. The Morgan fingerprint density at radius 3 is 2.71 bits per heavy atom. The number of rotatable bonds is 5. The lowest BCUT2D eigenvalue weighted by atomic mass is 10.0. The standard InChI is InChI=1S/C17H21ClFN3O5S/c1-28(26,27)21-4-2-14(10-21)22-5-3-17(25,16(22)24)15(23)20-9-11-6-12(18)8-13(19)7-11/h6-8,14,25H,2-5,9-10H2,1H3,(H,20,23)/t14-,17?/m1/s1. The molecule has 1 aromatic carbocycles. The Morgan fingerprint density at radius 2 is 2.11 bits per heavy atom. The maximum atomic E-state index is 13.4. The molecule has 0 spiro atoms. The molecule has 2 saturated heterocycles. The van der Waals surface area contributed by atoms with Crippen LogP contribution in [0.3, 0.4) is 0 Å². The van der Waals surface area contributed by atoms with E-state index in [1.807, 2.05) is 0 Å². The molecule has 1 unspecified atom stereocenters. The van der Waals surface area contributed by atoms with Crippen molar-refractivity contribution in [2.75, 3.05) is 25.9 Å². The van der Waals surface area contributed by atoms with Gasteiger partial charge in [0.2, 0.25) is 15.6 Å². The Kier molecular flexibility index (Phi) is 5.68. The van der Waals surface area contributed by atoms with Crippen LogP contribution in [0.4, 0.5) is 4.39 Å².